The van der Waals surface area contributed by atoms with Gasteiger partial charge in [0.25, 0.3) is 0 Å². The van der Waals surface area contributed by atoms with E-state index in [0.29, 0.717) is 0 Å². The van der Waals surface area contributed by atoms with Crippen molar-refractivity contribution in [2.45, 2.75) is 25.3 Å². The molecule has 0 spiro atoms. The Morgan fingerprint density at radius 3 is 2.40 bits per heavy atom. The maximum absolute atomic E-state index is 12.1. The summed E-state index contributed by atoms with van der Waals surface area (Å²) in [6.07, 6.45) is 5.30. The lowest BCUT2D eigenvalue weighted by atomic mass is 10.0. The maximum atomic E-state index is 12.1. The fourth-order valence-corrected chi connectivity index (χ4v) is 2.51. The first kappa shape index (κ1) is 14.8. The third-order valence-electron chi connectivity index (χ3n) is 3.35. The summed E-state index contributed by atoms with van der Waals surface area (Å²) in [5.74, 6) is -1.08. The minimum atomic E-state index is -0.928. The predicted molar refractivity (Wildman–Crippen MR) is 79.1 cm³/mol. The van der Waals surface area contributed by atoms with Crippen LogP contribution in [0, 0.1) is 5.92 Å². The van der Waals surface area contributed by atoms with Crippen LogP contribution in [0.15, 0.2) is 40.9 Å². The van der Waals surface area contributed by atoms with Gasteiger partial charge in [-0.25, -0.2) is 0 Å². The van der Waals surface area contributed by atoms with Gasteiger partial charge in [0.05, 0.1) is 12.5 Å². The number of rotatable bonds is 5. The molecule has 20 heavy (non-hydrogen) atoms. The number of hydrogen-bond acceptors (Lipinski definition) is 2. The minimum Gasteiger partial charge on any atom is -0.481 e. The van der Waals surface area contributed by atoms with Crippen molar-refractivity contribution in [3.63, 3.8) is 0 Å². The molecule has 0 radical (unpaired) electrons. The van der Waals surface area contributed by atoms with Crippen LogP contribution in [0.5, 0.6) is 0 Å². The average molecular weight is 338 g/mol. The summed E-state index contributed by atoms with van der Waals surface area (Å²) in [7, 11) is 0. The Hall–Kier alpha value is -1.62. The highest BCUT2D eigenvalue weighted by atomic mass is 79.9. The van der Waals surface area contributed by atoms with Crippen molar-refractivity contribution in [1.82, 2.24) is 5.32 Å². The zero-order chi connectivity index (χ0) is 14.5. The Bertz CT molecular complexity index is 516. The second-order valence-corrected chi connectivity index (χ2v) is 5.77. The summed E-state index contributed by atoms with van der Waals surface area (Å²) in [5.41, 5.74) is 0.801. The number of aliphatic carboxylic acids is 1. The molecule has 1 aromatic rings. The molecule has 2 N–H and O–H groups in total. The van der Waals surface area contributed by atoms with Gasteiger partial charge in [-0.1, -0.05) is 40.2 Å². The first-order valence-electron chi connectivity index (χ1n) is 6.49. The van der Waals surface area contributed by atoms with Gasteiger partial charge in [0, 0.05) is 10.4 Å². The molecule has 0 aromatic heterocycles. The molecular weight excluding hydrogens is 322 g/mol. The molecule has 1 aromatic carbocycles. The van der Waals surface area contributed by atoms with Crippen LogP contribution in [-0.2, 0) is 9.59 Å². The Morgan fingerprint density at radius 1 is 1.25 bits per heavy atom. The molecule has 0 fully saturated rings. The maximum Gasteiger partial charge on any atom is 0.305 e. The van der Waals surface area contributed by atoms with Gasteiger partial charge >= 0.3 is 5.97 Å². The van der Waals surface area contributed by atoms with Gasteiger partial charge < -0.3 is 10.4 Å². The van der Waals surface area contributed by atoms with E-state index in [1.807, 2.05) is 36.4 Å². The first-order chi connectivity index (χ1) is 9.56. The van der Waals surface area contributed by atoms with E-state index in [-0.39, 0.29) is 18.2 Å². The van der Waals surface area contributed by atoms with Crippen molar-refractivity contribution >= 4 is 27.8 Å². The van der Waals surface area contributed by atoms with Crippen LogP contribution in [0.2, 0.25) is 0 Å². The lowest BCUT2D eigenvalue weighted by Gasteiger charge is -2.20. The fraction of sp³-hybridized carbons (Fsp3) is 0.333. The molecule has 0 heterocycles. The van der Waals surface area contributed by atoms with Gasteiger partial charge in [-0.15, -0.1) is 0 Å². The van der Waals surface area contributed by atoms with Crippen LogP contribution < -0.4 is 5.32 Å². The molecule has 0 bridgehead atoms. The van der Waals surface area contributed by atoms with Gasteiger partial charge in [-0.2, -0.15) is 0 Å². The number of nitrogens with one attached hydrogen (secondary N) is 1. The van der Waals surface area contributed by atoms with Crippen molar-refractivity contribution in [2.75, 3.05) is 0 Å². The number of amides is 1. The molecule has 1 aliphatic carbocycles. The lowest BCUT2D eigenvalue weighted by Crippen LogP contribution is -2.34. The number of carboxylic acid groups (broad SMARTS) is 1. The third-order valence-corrected chi connectivity index (χ3v) is 3.87. The number of benzene rings is 1. The Kier molecular flexibility index (Phi) is 4.95. The van der Waals surface area contributed by atoms with Gasteiger partial charge in [-0.05, 0) is 30.5 Å². The van der Waals surface area contributed by atoms with Crippen molar-refractivity contribution in [1.29, 1.82) is 0 Å². The zero-order valence-electron chi connectivity index (χ0n) is 10.9. The number of carbonyl (C=O) groups is 2. The predicted octanol–water partition coefficient (Wildman–Crippen LogP) is 3.05. The molecule has 1 unspecified atom stereocenters. The SMILES string of the molecule is O=C(O)CC(NC(=O)C1CC=CC1)c1ccc(Br)cc1. The molecule has 1 aliphatic rings. The monoisotopic (exact) mass is 337 g/mol. The van der Waals surface area contributed by atoms with E-state index in [9.17, 15) is 9.59 Å². The molecule has 2 rings (SSSR count). The van der Waals surface area contributed by atoms with Crippen molar-refractivity contribution < 1.29 is 14.7 Å². The van der Waals surface area contributed by atoms with Crippen LogP contribution in [0.25, 0.3) is 0 Å². The normalized spacial score (nSPS) is 16.1. The first-order valence-corrected chi connectivity index (χ1v) is 7.28. The Labute approximate surface area is 126 Å². The second kappa shape index (κ2) is 6.70. The highest BCUT2D eigenvalue weighted by Crippen LogP contribution is 2.23. The highest BCUT2D eigenvalue weighted by Gasteiger charge is 2.24. The zero-order valence-corrected chi connectivity index (χ0v) is 12.5. The van der Waals surface area contributed by atoms with Crippen molar-refractivity contribution in [2.24, 2.45) is 5.92 Å². The lowest BCUT2D eigenvalue weighted by molar-refractivity contribution is -0.137. The van der Waals surface area contributed by atoms with Gasteiger partial charge in [0.15, 0.2) is 0 Å². The van der Waals surface area contributed by atoms with E-state index in [0.717, 1.165) is 22.9 Å². The molecule has 4 nitrogen and oxygen atoms in total. The number of carboxylic acids is 1. The number of halogens is 1. The Morgan fingerprint density at radius 2 is 1.85 bits per heavy atom. The summed E-state index contributed by atoms with van der Waals surface area (Å²) in [6.45, 7) is 0. The standard InChI is InChI=1S/C15H16BrNO3/c16-12-7-5-10(6-8-12)13(9-14(18)19)17-15(20)11-3-1-2-4-11/h1-2,5-8,11,13H,3-4,9H2,(H,17,20)(H,18,19). The molecular formula is C15H16BrNO3. The summed E-state index contributed by atoms with van der Waals surface area (Å²) < 4.78 is 0.918. The van der Waals surface area contributed by atoms with E-state index < -0.39 is 12.0 Å². The third kappa shape index (κ3) is 3.93. The van der Waals surface area contributed by atoms with Gasteiger partial charge in [0.2, 0.25) is 5.91 Å². The van der Waals surface area contributed by atoms with Crippen molar-refractivity contribution in [3.8, 4) is 0 Å². The largest absolute Gasteiger partial charge is 0.481 e. The molecule has 0 saturated carbocycles. The molecule has 0 saturated heterocycles. The average Bonchev–Trinajstić information content (AvgIpc) is 2.92. The fourth-order valence-electron chi connectivity index (χ4n) is 2.24. The van der Waals surface area contributed by atoms with E-state index in [1.165, 1.54) is 0 Å². The molecule has 5 heteroatoms. The molecule has 1 amide bonds. The number of allylic oxidation sites excluding steroid dienone is 2. The van der Waals surface area contributed by atoms with E-state index >= 15 is 0 Å². The molecule has 106 valence electrons. The Balaban J connectivity index is 2.08. The van der Waals surface area contributed by atoms with Crippen molar-refractivity contribution in [3.05, 3.63) is 46.5 Å². The van der Waals surface area contributed by atoms with Crippen LogP contribution >= 0.6 is 15.9 Å². The summed E-state index contributed by atoms with van der Waals surface area (Å²) in [6, 6.07) is 6.84. The smallest absolute Gasteiger partial charge is 0.305 e. The van der Waals surface area contributed by atoms with Crippen LogP contribution in [0.4, 0.5) is 0 Å². The van der Waals surface area contributed by atoms with Gasteiger partial charge in [0.1, 0.15) is 0 Å². The van der Waals surface area contributed by atoms with Crippen LogP contribution in [-0.4, -0.2) is 17.0 Å². The number of carbonyl (C=O) groups excluding carboxylic acids is 1. The second-order valence-electron chi connectivity index (χ2n) is 4.85. The summed E-state index contributed by atoms with van der Waals surface area (Å²) >= 11 is 3.34. The minimum absolute atomic E-state index is 0.0678. The van der Waals surface area contributed by atoms with E-state index in [2.05, 4.69) is 21.2 Å². The van der Waals surface area contributed by atoms with Gasteiger partial charge in [-0.3, -0.25) is 9.59 Å². The molecule has 1 atom stereocenters. The topological polar surface area (TPSA) is 66.4 Å². The quantitative estimate of drug-likeness (QED) is 0.811. The van der Waals surface area contributed by atoms with Crippen LogP contribution in [0.1, 0.15) is 30.9 Å². The highest BCUT2D eigenvalue weighted by molar-refractivity contribution is 9.10. The summed E-state index contributed by atoms with van der Waals surface area (Å²) in [5, 5.41) is 11.9. The van der Waals surface area contributed by atoms with E-state index in [4.69, 9.17) is 5.11 Å². The summed E-state index contributed by atoms with van der Waals surface area (Å²) in [4.78, 5) is 23.1. The molecule has 0 aliphatic heterocycles. The number of hydrogen-bond donors (Lipinski definition) is 2. The van der Waals surface area contributed by atoms with E-state index in [1.54, 1.807) is 0 Å². The van der Waals surface area contributed by atoms with Crippen LogP contribution in [0.3, 0.4) is 0 Å².